The van der Waals surface area contributed by atoms with Crippen LogP contribution in [0.1, 0.15) is 84.5 Å². The molecule has 0 saturated carbocycles. The summed E-state index contributed by atoms with van der Waals surface area (Å²) in [5.74, 6) is -0.984. The predicted molar refractivity (Wildman–Crippen MR) is 101 cm³/mol. The minimum Gasteiger partial charge on any atom is -0.393 e. The van der Waals surface area contributed by atoms with Crippen molar-refractivity contribution in [3.8, 4) is 0 Å². The molecule has 0 bridgehead atoms. The third-order valence-electron chi connectivity index (χ3n) is 4.42. The van der Waals surface area contributed by atoms with Crippen molar-refractivity contribution in [3.05, 3.63) is 25.3 Å². The molecule has 0 aliphatic carbocycles. The maximum Gasteiger partial charge on any atom is 0.316 e. The Kier molecular flexibility index (Phi) is 14.3. The third kappa shape index (κ3) is 10.4. The number of carbonyl (C=O) groups is 2. The van der Waals surface area contributed by atoms with Gasteiger partial charge in [0, 0.05) is 0 Å². The van der Waals surface area contributed by atoms with E-state index in [2.05, 4.69) is 20.1 Å². The van der Waals surface area contributed by atoms with Crippen LogP contribution in [-0.2, 0) is 14.3 Å². The van der Waals surface area contributed by atoms with Crippen molar-refractivity contribution in [3.63, 3.8) is 0 Å². The largest absolute Gasteiger partial charge is 0.393 e. The van der Waals surface area contributed by atoms with Crippen LogP contribution >= 0.6 is 0 Å². The number of esters is 2. The Morgan fingerprint density at radius 1 is 0.833 bits per heavy atom. The molecule has 3 nitrogen and oxygen atoms in total. The molecule has 0 aromatic carbocycles. The highest BCUT2D eigenvalue weighted by molar-refractivity contribution is 5.87. The van der Waals surface area contributed by atoms with Gasteiger partial charge in [-0.3, -0.25) is 9.59 Å². The molecule has 0 aliphatic heterocycles. The lowest BCUT2D eigenvalue weighted by molar-refractivity contribution is -0.166. The number of hydrogen-bond donors (Lipinski definition) is 0. The molecule has 0 saturated heterocycles. The minimum atomic E-state index is -0.340. The fourth-order valence-corrected chi connectivity index (χ4v) is 2.84. The standard InChI is InChI=1S/C21H36O3/c1-5-9-11-13-16-18(8-4)20(22)24-21(23)19(15-7-3)17-14-12-10-6-2/h5-6,18-19H,1-2,7-17H2,3-4H3. The molecule has 0 heterocycles. The first-order valence-electron chi connectivity index (χ1n) is 9.57. The number of ether oxygens (including phenoxy) is 1. The second-order valence-electron chi connectivity index (χ2n) is 6.48. The molecule has 0 amide bonds. The SMILES string of the molecule is C=CCCCCC(CC)C(=O)OC(=O)C(CCC)CCCCC=C. The van der Waals surface area contributed by atoms with E-state index < -0.39 is 0 Å². The average Bonchev–Trinajstić information content (AvgIpc) is 2.57. The third-order valence-corrected chi connectivity index (χ3v) is 4.42. The van der Waals surface area contributed by atoms with Crippen molar-refractivity contribution in [1.82, 2.24) is 0 Å². The van der Waals surface area contributed by atoms with Crippen molar-refractivity contribution < 1.29 is 14.3 Å². The molecule has 3 heteroatoms. The summed E-state index contributed by atoms with van der Waals surface area (Å²) < 4.78 is 5.21. The minimum absolute atomic E-state index is 0.151. The molecular weight excluding hydrogens is 300 g/mol. The summed E-state index contributed by atoms with van der Waals surface area (Å²) in [6.45, 7) is 11.4. The zero-order valence-electron chi connectivity index (χ0n) is 15.7. The van der Waals surface area contributed by atoms with Crippen molar-refractivity contribution >= 4 is 11.9 Å². The van der Waals surface area contributed by atoms with E-state index in [9.17, 15) is 9.59 Å². The van der Waals surface area contributed by atoms with Crippen LogP contribution < -0.4 is 0 Å². The number of allylic oxidation sites excluding steroid dienone is 2. The summed E-state index contributed by atoms with van der Waals surface area (Å²) in [6, 6.07) is 0. The molecule has 2 unspecified atom stereocenters. The molecule has 0 fully saturated rings. The van der Waals surface area contributed by atoms with E-state index in [4.69, 9.17) is 4.74 Å². The molecule has 2 atom stereocenters. The Morgan fingerprint density at radius 3 is 1.79 bits per heavy atom. The first-order valence-corrected chi connectivity index (χ1v) is 9.57. The van der Waals surface area contributed by atoms with Crippen LogP contribution in [0.15, 0.2) is 25.3 Å². The van der Waals surface area contributed by atoms with Gasteiger partial charge >= 0.3 is 11.9 Å². The lowest BCUT2D eigenvalue weighted by Crippen LogP contribution is -2.26. The summed E-state index contributed by atoms with van der Waals surface area (Å²) in [7, 11) is 0. The van der Waals surface area contributed by atoms with Crippen LogP contribution in [0.2, 0.25) is 0 Å². The van der Waals surface area contributed by atoms with Gasteiger partial charge in [-0.25, -0.2) is 0 Å². The normalized spacial score (nSPS) is 13.1. The Hall–Kier alpha value is -1.38. The van der Waals surface area contributed by atoms with Gasteiger partial charge in [-0.1, -0.05) is 45.3 Å². The van der Waals surface area contributed by atoms with E-state index in [1.165, 1.54) is 0 Å². The summed E-state index contributed by atoms with van der Waals surface area (Å²) in [5, 5.41) is 0. The summed E-state index contributed by atoms with van der Waals surface area (Å²) in [5.41, 5.74) is 0. The lowest BCUT2D eigenvalue weighted by atomic mass is 9.96. The van der Waals surface area contributed by atoms with Gasteiger partial charge < -0.3 is 4.74 Å². The molecule has 0 aromatic rings. The van der Waals surface area contributed by atoms with Crippen molar-refractivity contribution in [1.29, 1.82) is 0 Å². The van der Waals surface area contributed by atoms with Crippen molar-refractivity contribution in [2.24, 2.45) is 11.8 Å². The number of rotatable bonds is 15. The summed E-state index contributed by atoms with van der Waals surface area (Å²) >= 11 is 0. The van der Waals surface area contributed by atoms with Gasteiger partial charge in [-0.2, -0.15) is 0 Å². The highest BCUT2D eigenvalue weighted by atomic mass is 16.6. The van der Waals surface area contributed by atoms with Gasteiger partial charge in [0.2, 0.25) is 0 Å². The monoisotopic (exact) mass is 336 g/mol. The first-order chi connectivity index (χ1) is 11.6. The smallest absolute Gasteiger partial charge is 0.316 e. The van der Waals surface area contributed by atoms with Crippen LogP contribution in [-0.4, -0.2) is 11.9 Å². The van der Waals surface area contributed by atoms with Crippen molar-refractivity contribution in [2.45, 2.75) is 84.5 Å². The maximum atomic E-state index is 12.3. The van der Waals surface area contributed by atoms with E-state index in [1.807, 2.05) is 19.1 Å². The Labute approximate surface area is 148 Å². The Bertz CT molecular complexity index is 373. The van der Waals surface area contributed by atoms with Crippen LogP contribution in [0.3, 0.4) is 0 Å². The van der Waals surface area contributed by atoms with Crippen LogP contribution in [0.5, 0.6) is 0 Å². The zero-order valence-corrected chi connectivity index (χ0v) is 15.7. The molecule has 0 rings (SSSR count). The van der Waals surface area contributed by atoms with Gasteiger partial charge in [0.1, 0.15) is 0 Å². The van der Waals surface area contributed by atoms with Crippen LogP contribution in [0.4, 0.5) is 0 Å². The van der Waals surface area contributed by atoms with E-state index in [0.29, 0.717) is 0 Å². The topological polar surface area (TPSA) is 43.4 Å². The fourth-order valence-electron chi connectivity index (χ4n) is 2.84. The van der Waals surface area contributed by atoms with E-state index in [-0.39, 0.29) is 23.8 Å². The molecule has 138 valence electrons. The lowest BCUT2D eigenvalue weighted by Gasteiger charge is -2.17. The predicted octanol–water partition coefficient (Wildman–Crippen LogP) is 5.99. The van der Waals surface area contributed by atoms with Crippen molar-refractivity contribution in [2.75, 3.05) is 0 Å². The fraction of sp³-hybridized carbons (Fsp3) is 0.714. The van der Waals surface area contributed by atoms with E-state index in [0.717, 1.165) is 70.6 Å². The van der Waals surface area contributed by atoms with Gasteiger partial charge in [0.05, 0.1) is 11.8 Å². The van der Waals surface area contributed by atoms with Crippen LogP contribution in [0, 0.1) is 11.8 Å². The molecule has 0 N–H and O–H groups in total. The van der Waals surface area contributed by atoms with Gasteiger partial charge in [-0.05, 0) is 51.4 Å². The van der Waals surface area contributed by atoms with E-state index in [1.54, 1.807) is 0 Å². The van der Waals surface area contributed by atoms with Gasteiger partial charge in [-0.15, -0.1) is 13.2 Å². The van der Waals surface area contributed by atoms with Gasteiger partial charge in [0.15, 0.2) is 0 Å². The second-order valence-corrected chi connectivity index (χ2v) is 6.48. The van der Waals surface area contributed by atoms with Gasteiger partial charge in [0.25, 0.3) is 0 Å². The second kappa shape index (κ2) is 15.2. The molecule has 24 heavy (non-hydrogen) atoms. The first kappa shape index (κ1) is 22.6. The number of carbonyl (C=O) groups excluding carboxylic acids is 2. The summed E-state index contributed by atoms with van der Waals surface area (Å²) in [4.78, 5) is 24.6. The van der Waals surface area contributed by atoms with E-state index >= 15 is 0 Å². The molecule has 0 radical (unpaired) electrons. The molecule has 0 aliphatic rings. The summed E-state index contributed by atoms with van der Waals surface area (Å²) in [6.07, 6.45) is 13.7. The zero-order chi connectivity index (χ0) is 18.2. The van der Waals surface area contributed by atoms with Crippen LogP contribution in [0.25, 0.3) is 0 Å². The number of hydrogen-bond acceptors (Lipinski definition) is 3. The highest BCUT2D eigenvalue weighted by Crippen LogP contribution is 2.20. The molecular formula is C21H36O3. The molecule has 0 aromatic heterocycles. The number of unbranched alkanes of at least 4 members (excludes halogenated alkanes) is 4. The average molecular weight is 337 g/mol. The quantitative estimate of drug-likeness (QED) is 0.160. The Balaban J connectivity index is 4.38. The molecule has 0 spiro atoms. The Morgan fingerprint density at radius 2 is 1.33 bits per heavy atom. The highest BCUT2D eigenvalue weighted by Gasteiger charge is 2.25. The maximum absolute atomic E-state index is 12.3.